The second-order valence-electron chi connectivity index (χ2n) is 5.17. The number of rotatable bonds is 2. The van der Waals surface area contributed by atoms with E-state index in [2.05, 4.69) is 16.4 Å². The van der Waals surface area contributed by atoms with E-state index in [9.17, 15) is 5.26 Å². The average Bonchev–Trinajstić information content (AvgIpc) is 2.47. The van der Waals surface area contributed by atoms with Crippen molar-refractivity contribution >= 4 is 16.7 Å². The number of fused-ring (bicyclic) bond motifs is 1. The standard InChI is InChI=1S/C16H17N3/c17-11-13-10-12-6-4-5-9-15(12)19-16(13)18-14-7-2-1-3-8-14/h4-6,9-10,14H,1-3,7-8H2,(H,18,19). The predicted molar refractivity (Wildman–Crippen MR) is 77.0 cm³/mol. The highest BCUT2D eigenvalue weighted by molar-refractivity contribution is 5.82. The van der Waals surface area contributed by atoms with Crippen LogP contribution in [0.1, 0.15) is 37.7 Å². The van der Waals surface area contributed by atoms with Gasteiger partial charge in [0.15, 0.2) is 0 Å². The largest absolute Gasteiger partial charge is 0.366 e. The summed E-state index contributed by atoms with van der Waals surface area (Å²) in [6.45, 7) is 0. The zero-order valence-electron chi connectivity index (χ0n) is 10.9. The molecule has 0 atom stereocenters. The average molecular weight is 251 g/mol. The Hall–Kier alpha value is -2.08. The summed E-state index contributed by atoms with van der Waals surface area (Å²) in [5, 5.41) is 13.8. The van der Waals surface area contributed by atoms with Crippen LogP contribution < -0.4 is 5.32 Å². The molecule has 0 aliphatic heterocycles. The van der Waals surface area contributed by atoms with E-state index in [4.69, 9.17) is 0 Å². The maximum atomic E-state index is 9.28. The normalized spacial score (nSPS) is 16.2. The number of benzene rings is 1. The van der Waals surface area contributed by atoms with E-state index in [0.717, 1.165) is 16.7 Å². The highest BCUT2D eigenvalue weighted by Crippen LogP contribution is 2.24. The van der Waals surface area contributed by atoms with E-state index in [-0.39, 0.29) is 0 Å². The monoisotopic (exact) mass is 251 g/mol. The third-order valence-corrected chi connectivity index (χ3v) is 3.79. The molecule has 1 aromatic heterocycles. The molecule has 1 saturated carbocycles. The van der Waals surface area contributed by atoms with Gasteiger partial charge in [-0.1, -0.05) is 37.5 Å². The Morgan fingerprint density at radius 2 is 1.95 bits per heavy atom. The summed E-state index contributed by atoms with van der Waals surface area (Å²) in [6.07, 6.45) is 6.23. The van der Waals surface area contributed by atoms with Crippen LogP contribution in [0.25, 0.3) is 10.9 Å². The number of pyridine rings is 1. The van der Waals surface area contributed by atoms with Crippen molar-refractivity contribution in [3.63, 3.8) is 0 Å². The van der Waals surface area contributed by atoms with Gasteiger partial charge in [0.1, 0.15) is 11.9 Å². The van der Waals surface area contributed by atoms with Crippen LogP contribution in [-0.2, 0) is 0 Å². The van der Waals surface area contributed by atoms with Crippen molar-refractivity contribution in [3.8, 4) is 6.07 Å². The van der Waals surface area contributed by atoms with Crippen molar-refractivity contribution in [1.82, 2.24) is 4.98 Å². The SMILES string of the molecule is N#Cc1cc2ccccc2nc1NC1CCCCC1. The van der Waals surface area contributed by atoms with Gasteiger partial charge in [0.05, 0.1) is 11.1 Å². The molecule has 0 radical (unpaired) electrons. The first-order chi connectivity index (χ1) is 9.36. The Morgan fingerprint density at radius 3 is 2.74 bits per heavy atom. The molecule has 3 nitrogen and oxygen atoms in total. The molecule has 2 aromatic rings. The Labute approximate surface area is 113 Å². The molecule has 0 spiro atoms. The lowest BCUT2D eigenvalue weighted by Gasteiger charge is -2.23. The van der Waals surface area contributed by atoms with E-state index in [0.29, 0.717) is 11.6 Å². The van der Waals surface area contributed by atoms with Crippen LogP contribution in [0.3, 0.4) is 0 Å². The van der Waals surface area contributed by atoms with Crippen molar-refractivity contribution in [2.75, 3.05) is 5.32 Å². The topological polar surface area (TPSA) is 48.7 Å². The van der Waals surface area contributed by atoms with Gasteiger partial charge in [-0.3, -0.25) is 0 Å². The summed E-state index contributed by atoms with van der Waals surface area (Å²) in [5.74, 6) is 0.744. The van der Waals surface area contributed by atoms with Gasteiger partial charge in [-0.15, -0.1) is 0 Å². The summed E-state index contributed by atoms with van der Waals surface area (Å²) in [5.41, 5.74) is 1.59. The first kappa shape index (κ1) is 12.0. The fraction of sp³-hybridized carbons (Fsp3) is 0.375. The van der Waals surface area contributed by atoms with E-state index >= 15 is 0 Å². The molecule has 0 bridgehead atoms. The zero-order chi connectivity index (χ0) is 13.1. The number of nitriles is 1. The quantitative estimate of drug-likeness (QED) is 0.881. The van der Waals surface area contributed by atoms with Crippen molar-refractivity contribution < 1.29 is 0 Å². The highest BCUT2D eigenvalue weighted by Gasteiger charge is 2.15. The fourth-order valence-corrected chi connectivity index (χ4v) is 2.75. The second-order valence-corrected chi connectivity index (χ2v) is 5.17. The van der Waals surface area contributed by atoms with Crippen molar-refractivity contribution in [2.45, 2.75) is 38.1 Å². The number of hydrogen-bond acceptors (Lipinski definition) is 3. The molecule has 0 amide bonds. The summed E-state index contributed by atoms with van der Waals surface area (Å²) < 4.78 is 0. The third kappa shape index (κ3) is 2.53. The van der Waals surface area contributed by atoms with E-state index in [1.165, 1.54) is 32.1 Å². The number of anilines is 1. The summed E-state index contributed by atoms with van der Waals surface area (Å²) >= 11 is 0. The molecule has 3 rings (SSSR count). The first-order valence-electron chi connectivity index (χ1n) is 6.93. The molecule has 1 aliphatic rings. The molecule has 3 heteroatoms. The maximum Gasteiger partial charge on any atom is 0.144 e. The summed E-state index contributed by atoms with van der Waals surface area (Å²) in [4.78, 5) is 4.61. The van der Waals surface area contributed by atoms with Crippen LogP contribution >= 0.6 is 0 Å². The molecule has 0 saturated heterocycles. The van der Waals surface area contributed by atoms with Gasteiger partial charge in [-0.05, 0) is 25.0 Å². The van der Waals surface area contributed by atoms with Crippen LogP contribution in [-0.4, -0.2) is 11.0 Å². The van der Waals surface area contributed by atoms with Crippen LogP contribution in [0.15, 0.2) is 30.3 Å². The van der Waals surface area contributed by atoms with Gasteiger partial charge in [-0.2, -0.15) is 5.26 Å². The minimum absolute atomic E-state index is 0.467. The zero-order valence-corrected chi connectivity index (χ0v) is 10.9. The molecule has 1 heterocycles. The second kappa shape index (κ2) is 5.27. The first-order valence-corrected chi connectivity index (χ1v) is 6.93. The van der Waals surface area contributed by atoms with E-state index < -0.39 is 0 Å². The maximum absolute atomic E-state index is 9.28. The lowest BCUT2D eigenvalue weighted by molar-refractivity contribution is 0.462. The molecule has 1 aromatic carbocycles. The molecular weight excluding hydrogens is 234 g/mol. The minimum Gasteiger partial charge on any atom is -0.366 e. The molecule has 1 fully saturated rings. The Bertz CT molecular complexity index is 621. The van der Waals surface area contributed by atoms with Crippen LogP contribution in [0.5, 0.6) is 0 Å². The number of aromatic nitrogens is 1. The van der Waals surface area contributed by atoms with Crippen LogP contribution in [0.4, 0.5) is 5.82 Å². The van der Waals surface area contributed by atoms with E-state index in [1.807, 2.05) is 30.3 Å². The Kier molecular flexibility index (Phi) is 3.33. The van der Waals surface area contributed by atoms with Gasteiger partial charge in [0.2, 0.25) is 0 Å². The highest BCUT2D eigenvalue weighted by atomic mass is 15.0. The molecule has 96 valence electrons. The van der Waals surface area contributed by atoms with Gasteiger partial charge in [0.25, 0.3) is 0 Å². The van der Waals surface area contributed by atoms with Gasteiger partial charge < -0.3 is 5.32 Å². The number of nitrogens with zero attached hydrogens (tertiary/aromatic N) is 2. The molecule has 19 heavy (non-hydrogen) atoms. The van der Waals surface area contributed by atoms with Gasteiger partial charge in [0, 0.05) is 11.4 Å². The molecule has 1 N–H and O–H groups in total. The summed E-state index contributed by atoms with van der Waals surface area (Å²) in [6, 6.07) is 12.6. The van der Waals surface area contributed by atoms with Crippen molar-refractivity contribution in [2.24, 2.45) is 0 Å². The molecular formula is C16H17N3. The number of hydrogen-bond donors (Lipinski definition) is 1. The molecule has 0 unspecified atom stereocenters. The Balaban J connectivity index is 1.94. The van der Waals surface area contributed by atoms with Crippen molar-refractivity contribution in [3.05, 3.63) is 35.9 Å². The smallest absolute Gasteiger partial charge is 0.144 e. The van der Waals surface area contributed by atoms with Gasteiger partial charge in [-0.25, -0.2) is 4.98 Å². The van der Waals surface area contributed by atoms with Crippen molar-refractivity contribution in [1.29, 1.82) is 5.26 Å². The molecule has 1 aliphatic carbocycles. The lowest BCUT2D eigenvalue weighted by Crippen LogP contribution is -2.23. The fourth-order valence-electron chi connectivity index (χ4n) is 2.75. The van der Waals surface area contributed by atoms with E-state index in [1.54, 1.807) is 0 Å². The number of nitrogens with one attached hydrogen (secondary N) is 1. The summed E-state index contributed by atoms with van der Waals surface area (Å²) in [7, 11) is 0. The Morgan fingerprint density at radius 1 is 1.16 bits per heavy atom. The predicted octanol–water partition coefficient (Wildman–Crippen LogP) is 3.85. The van der Waals surface area contributed by atoms with Gasteiger partial charge >= 0.3 is 0 Å². The lowest BCUT2D eigenvalue weighted by atomic mass is 9.95. The third-order valence-electron chi connectivity index (χ3n) is 3.79. The number of para-hydroxylation sites is 1. The van der Waals surface area contributed by atoms with Crippen LogP contribution in [0.2, 0.25) is 0 Å². The van der Waals surface area contributed by atoms with Crippen LogP contribution in [0, 0.1) is 11.3 Å². The minimum atomic E-state index is 0.467.